The molecule has 2 heterocycles. The Morgan fingerprint density at radius 2 is 2.04 bits per heavy atom. The number of nitrogens with two attached hydrogens (primary N) is 1. The quantitative estimate of drug-likeness (QED) is 0.749. The Labute approximate surface area is 148 Å². The van der Waals surface area contributed by atoms with E-state index in [4.69, 9.17) is 10.2 Å². The van der Waals surface area contributed by atoms with Crippen LogP contribution in [-0.4, -0.2) is 14.8 Å². The SMILES string of the molecule is Cc1ccc(Nc2c(-c3nnc(N)o3)c3c(c(=O)n2C)CCC3)c(F)c1. The second kappa shape index (κ2) is 5.98. The van der Waals surface area contributed by atoms with Crippen LogP contribution in [0.3, 0.4) is 0 Å². The Hall–Kier alpha value is -3.16. The maximum absolute atomic E-state index is 14.4. The van der Waals surface area contributed by atoms with E-state index < -0.39 is 5.82 Å². The van der Waals surface area contributed by atoms with Gasteiger partial charge in [0.1, 0.15) is 11.6 Å². The van der Waals surface area contributed by atoms with Crippen molar-refractivity contribution < 1.29 is 8.81 Å². The Bertz CT molecular complexity index is 1070. The largest absolute Gasteiger partial charge is 0.403 e. The van der Waals surface area contributed by atoms with Crippen molar-refractivity contribution in [1.82, 2.24) is 14.8 Å². The zero-order chi connectivity index (χ0) is 18.4. The van der Waals surface area contributed by atoms with Gasteiger partial charge in [-0.25, -0.2) is 4.39 Å². The van der Waals surface area contributed by atoms with Gasteiger partial charge in [-0.1, -0.05) is 11.2 Å². The highest BCUT2D eigenvalue weighted by Crippen LogP contribution is 2.37. The Morgan fingerprint density at radius 3 is 2.73 bits per heavy atom. The number of rotatable bonds is 3. The van der Waals surface area contributed by atoms with E-state index >= 15 is 0 Å². The molecular weight excluding hydrogens is 337 g/mol. The second-order valence-electron chi connectivity index (χ2n) is 6.45. The molecule has 0 atom stereocenters. The minimum atomic E-state index is -0.408. The molecule has 0 aliphatic heterocycles. The highest BCUT2D eigenvalue weighted by molar-refractivity contribution is 5.79. The lowest BCUT2D eigenvalue weighted by molar-refractivity contribution is 0.588. The molecule has 0 fully saturated rings. The van der Waals surface area contributed by atoms with E-state index in [9.17, 15) is 9.18 Å². The van der Waals surface area contributed by atoms with Gasteiger partial charge in [0.15, 0.2) is 0 Å². The standard InChI is InChI=1S/C18H18FN5O2/c1-9-6-7-13(12(19)8-9)21-15-14(16-22-23-18(20)26-16)10-4-3-5-11(10)17(25)24(15)2/h6-8,21H,3-5H2,1-2H3,(H2,20,23). The van der Waals surface area contributed by atoms with Gasteiger partial charge >= 0.3 is 6.01 Å². The minimum Gasteiger partial charge on any atom is -0.403 e. The number of pyridine rings is 1. The fraction of sp³-hybridized carbons (Fsp3) is 0.278. The first-order valence-electron chi connectivity index (χ1n) is 8.33. The number of aromatic nitrogens is 3. The number of hydrogen-bond donors (Lipinski definition) is 2. The molecule has 8 heteroatoms. The number of aryl methyl sites for hydroxylation is 1. The van der Waals surface area contributed by atoms with Crippen molar-refractivity contribution in [2.24, 2.45) is 7.05 Å². The summed E-state index contributed by atoms with van der Waals surface area (Å²) in [4.78, 5) is 12.7. The molecule has 0 radical (unpaired) electrons. The third-order valence-corrected chi connectivity index (χ3v) is 4.69. The van der Waals surface area contributed by atoms with Gasteiger partial charge in [0, 0.05) is 12.6 Å². The van der Waals surface area contributed by atoms with Gasteiger partial charge in [-0.05, 0) is 49.4 Å². The molecule has 2 aromatic heterocycles. The Kier molecular flexibility index (Phi) is 3.75. The molecular formula is C18H18FN5O2. The topological polar surface area (TPSA) is 99.0 Å². The third kappa shape index (κ3) is 2.54. The number of nitrogen functional groups attached to an aromatic ring is 1. The van der Waals surface area contributed by atoms with E-state index in [-0.39, 0.29) is 23.2 Å². The van der Waals surface area contributed by atoms with Crippen LogP contribution >= 0.6 is 0 Å². The van der Waals surface area contributed by atoms with Crippen LogP contribution in [0.2, 0.25) is 0 Å². The molecule has 4 rings (SSSR count). The van der Waals surface area contributed by atoms with E-state index in [0.29, 0.717) is 24.2 Å². The highest BCUT2D eigenvalue weighted by atomic mass is 19.1. The molecule has 1 aliphatic carbocycles. The Balaban J connectivity index is 1.96. The maximum Gasteiger partial charge on any atom is 0.313 e. The molecule has 7 nitrogen and oxygen atoms in total. The first kappa shape index (κ1) is 16.3. The van der Waals surface area contributed by atoms with E-state index in [1.807, 2.05) is 6.92 Å². The van der Waals surface area contributed by atoms with Gasteiger partial charge in [-0.15, -0.1) is 5.10 Å². The molecule has 3 aromatic rings. The summed E-state index contributed by atoms with van der Waals surface area (Å²) >= 11 is 0. The van der Waals surface area contributed by atoms with Gasteiger partial charge in [-0.2, -0.15) is 0 Å². The number of nitrogens with zero attached hydrogens (tertiary/aromatic N) is 3. The molecule has 0 saturated carbocycles. The van der Waals surface area contributed by atoms with Crippen LogP contribution in [-0.2, 0) is 19.9 Å². The molecule has 0 spiro atoms. The normalized spacial score (nSPS) is 13.0. The van der Waals surface area contributed by atoms with Crippen molar-refractivity contribution in [3.05, 3.63) is 51.1 Å². The number of halogens is 1. The second-order valence-corrected chi connectivity index (χ2v) is 6.45. The van der Waals surface area contributed by atoms with E-state index in [1.165, 1.54) is 10.6 Å². The maximum atomic E-state index is 14.4. The molecule has 1 aliphatic rings. The van der Waals surface area contributed by atoms with Gasteiger partial charge in [-0.3, -0.25) is 9.36 Å². The molecule has 1 aromatic carbocycles. The lowest BCUT2D eigenvalue weighted by Crippen LogP contribution is -2.24. The predicted molar refractivity (Wildman–Crippen MR) is 95.8 cm³/mol. The molecule has 3 N–H and O–H groups in total. The monoisotopic (exact) mass is 355 g/mol. The number of nitrogens with one attached hydrogen (secondary N) is 1. The summed E-state index contributed by atoms with van der Waals surface area (Å²) in [5, 5.41) is 10.7. The number of hydrogen-bond acceptors (Lipinski definition) is 6. The van der Waals surface area contributed by atoms with Crippen molar-refractivity contribution in [2.45, 2.75) is 26.2 Å². The number of benzene rings is 1. The zero-order valence-corrected chi connectivity index (χ0v) is 14.5. The predicted octanol–water partition coefficient (Wildman–Crippen LogP) is 2.70. The fourth-order valence-corrected chi connectivity index (χ4v) is 3.43. The van der Waals surface area contributed by atoms with Crippen LogP contribution in [0.4, 0.5) is 21.9 Å². The van der Waals surface area contributed by atoms with Gasteiger partial charge in [0.2, 0.25) is 0 Å². The average Bonchev–Trinajstić information content (AvgIpc) is 3.24. The van der Waals surface area contributed by atoms with Crippen molar-refractivity contribution >= 4 is 17.5 Å². The summed E-state index contributed by atoms with van der Waals surface area (Å²) in [6, 6.07) is 4.79. The molecule has 0 saturated heterocycles. The average molecular weight is 355 g/mol. The zero-order valence-electron chi connectivity index (χ0n) is 14.5. The van der Waals surface area contributed by atoms with Crippen molar-refractivity contribution in [3.8, 4) is 11.5 Å². The van der Waals surface area contributed by atoms with Crippen molar-refractivity contribution in [3.63, 3.8) is 0 Å². The summed E-state index contributed by atoms with van der Waals surface area (Å²) in [7, 11) is 1.64. The van der Waals surface area contributed by atoms with Gasteiger partial charge in [0.25, 0.3) is 11.4 Å². The first-order chi connectivity index (χ1) is 12.5. The smallest absolute Gasteiger partial charge is 0.313 e. The van der Waals surface area contributed by atoms with Crippen LogP contribution in [0.1, 0.15) is 23.1 Å². The fourth-order valence-electron chi connectivity index (χ4n) is 3.43. The molecule has 0 unspecified atom stereocenters. The van der Waals surface area contributed by atoms with Gasteiger partial charge < -0.3 is 15.5 Å². The summed E-state index contributed by atoms with van der Waals surface area (Å²) in [5.41, 5.74) is 8.73. The molecule has 0 bridgehead atoms. The summed E-state index contributed by atoms with van der Waals surface area (Å²) in [6.45, 7) is 1.81. The van der Waals surface area contributed by atoms with Gasteiger partial charge in [0.05, 0.1) is 11.3 Å². The lowest BCUT2D eigenvalue weighted by Gasteiger charge is -2.18. The van der Waals surface area contributed by atoms with E-state index in [1.54, 1.807) is 19.2 Å². The summed E-state index contributed by atoms with van der Waals surface area (Å²) < 4.78 is 21.2. The minimum absolute atomic E-state index is 0.0620. The lowest BCUT2D eigenvalue weighted by atomic mass is 10.0. The summed E-state index contributed by atoms with van der Waals surface area (Å²) in [5.74, 6) is 0.210. The first-order valence-corrected chi connectivity index (χ1v) is 8.33. The van der Waals surface area contributed by atoms with Crippen LogP contribution in [0.5, 0.6) is 0 Å². The van der Waals surface area contributed by atoms with Crippen LogP contribution in [0.25, 0.3) is 11.5 Å². The van der Waals surface area contributed by atoms with E-state index in [0.717, 1.165) is 23.1 Å². The van der Waals surface area contributed by atoms with Crippen molar-refractivity contribution in [2.75, 3.05) is 11.1 Å². The molecule has 0 amide bonds. The van der Waals surface area contributed by atoms with Crippen LogP contribution in [0.15, 0.2) is 27.4 Å². The van der Waals surface area contributed by atoms with Crippen molar-refractivity contribution in [1.29, 1.82) is 0 Å². The van der Waals surface area contributed by atoms with Crippen LogP contribution in [0, 0.1) is 12.7 Å². The molecule has 134 valence electrons. The number of anilines is 3. The van der Waals surface area contributed by atoms with Crippen LogP contribution < -0.4 is 16.6 Å². The van der Waals surface area contributed by atoms with E-state index in [2.05, 4.69) is 15.5 Å². The summed E-state index contributed by atoms with van der Waals surface area (Å²) in [6.07, 6.45) is 2.27. The number of fused-ring (bicyclic) bond motifs is 1. The molecule has 26 heavy (non-hydrogen) atoms. The Morgan fingerprint density at radius 1 is 1.27 bits per heavy atom. The third-order valence-electron chi connectivity index (χ3n) is 4.69. The highest BCUT2D eigenvalue weighted by Gasteiger charge is 2.28.